The molecular formula is C12H10N2O4Se. The Morgan fingerprint density at radius 3 is 2.79 bits per heavy atom. The first kappa shape index (κ1) is 12.2. The first-order valence-corrected chi connectivity index (χ1v) is 7.25. The summed E-state index contributed by atoms with van der Waals surface area (Å²) < 4.78 is 7.49. The van der Waals surface area contributed by atoms with Crippen LogP contribution in [0.25, 0.3) is 9.65 Å². The van der Waals surface area contributed by atoms with Gasteiger partial charge in [-0.05, 0) is 0 Å². The molecule has 1 N–H and O–H groups in total. The molecule has 2 aromatic rings. The van der Waals surface area contributed by atoms with Crippen LogP contribution in [0, 0.1) is 0 Å². The predicted molar refractivity (Wildman–Crippen MR) is 68.5 cm³/mol. The van der Waals surface area contributed by atoms with E-state index >= 15 is 0 Å². The average Bonchev–Trinajstić information content (AvgIpc) is 2.89. The zero-order valence-corrected chi connectivity index (χ0v) is 11.7. The van der Waals surface area contributed by atoms with E-state index < -0.39 is 6.04 Å². The molecule has 6 nitrogen and oxygen atoms in total. The van der Waals surface area contributed by atoms with Crippen molar-refractivity contribution in [1.82, 2.24) is 8.88 Å². The van der Waals surface area contributed by atoms with E-state index in [1.54, 1.807) is 12.1 Å². The molecule has 0 saturated carbocycles. The predicted octanol–water partition coefficient (Wildman–Crippen LogP) is -0.345. The second-order valence-electron chi connectivity index (χ2n) is 4.22. The van der Waals surface area contributed by atoms with Gasteiger partial charge in [-0.3, -0.25) is 0 Å². The number of carbonyl (C=O) groups excluding carboxylic acids is 2. The van der Waals surface area contributed by atoms with Crippen LogP contribution < -0.4 is 15.6 Å². The summed E-state index contributed by atoms with van der Waals surface area (Å²) in [5.74, 6) is -0.108. The van der Waals surface area contributed by atoms with Crippen molar-refractivity contribution >= 4 is 36.2 Å². The molecule has 1 aliphatic rings. The molecule has 1 unspecified atom stereocenters. The number of imide groups is 1. The quantitative estimate of drug-likeness (QED) is 0.605. The molecule has 1 atom stereocenters. The van der Waals surface area contributed by atoms with E-state index in [1.807, 2.05) is 6.07 Å². The van der Waals surface area contributed by atoms with Gasteiger partial charge in [0.1, 0.15) is 0 Å². The summed E-state index contributed by atoms with van der Waals surface area (Å²) in [4.78, 5) is 35.2. The van der Waals surface area contributed by atoms with Gasteiger partial charge in [0, 0.05) is 0 Å². The van der Waals surface area contributed by atoms with Crippen LogP contribution >= 0.6 is 0 Å². The monoisotopic (exact) mass is 326 g/mol. The van der Waals surface area contributed by atoms with Gasteiger partial charge >= 0.3 is 113 Å². The van der Waals surface area contributed by atoms with Gasteiger partial charge in [-0.15, -0.1) is 0 Å². The van der Waals surface area contributed by atoms with Crippen LogP contribution in [0.5, 0.6) is 5.75 Å². The molecule has 2 heterocycles. The fourth-order valence-corrected chi connectivity index (χ4v) is 4.32. The molecule has 1 aliphatic heterocycles. The number of rotatable bonds is 2. The van der Waals surface area contributed by atoms with Crippen LogP contribution in [0.15, 0.2) is 23.0 Å². The van der Waals surface area contributed by atoms with Crippen LogP contribution in [0.1, 0.15) is 12.5 Å². The molecule has 19 heavy (non-hydrogen) atoms. The second-order valence-corrected chi connectivity index (χ2v) is 6.35. The molecular weight excluding hydrogens is 315 g/mol. The van der Waals surface area contributed by atoms with Crippen LogP contribution in [0.3, 0.4) is 0 Å². The Kier molecular flexibility index (Phi) is 2.80. The van der Waals surface area contributed by atoms with E-state index in [2.05, 4.69) is 5.32 Å². The number of benzene rings is 1. The summed E-state index contributed by atoms with van der Waals surface area (Å²) in [6.45, 7) is 0. The summed E-state index contributed by atoms with van der Waals surface area (Å²) in [6, 6.07) is 4.63. The van der Waals surface area contributed by atoms with E-state index in [0.29, 0.717) is 11.1 Å². The number of amides is 2. The minimum absolute atomic E-state index is 0.0530. The maximum atomic E-state index is 12.3. The fraction of sp³-hybridized carbons (Fsp3) is 0.250. The molecule has 0 bridgehead atoms. The van der Waals surface area contributed by atoms with E-state index in [4.69, 9.17) is 4.74 Å². The molecule has 1 fully saturated rings. The number of hydrogen-bond donors (Lipinski definition) is 1. The molecule has 7 heteroatoms. The number of nitrogens with zero attached hydrogens (tertiary/aromatic N) is 1. The van der Waals surface area contributed by atoms with E-state index in [0.717, 1.165) is 4.26 Å². The van der Waals surface area contributed by atoms with Crippen molar-refractivity contribution in [2.45, 2.75) is 12.5 Å². The Balaban J connectivity index is 2.15. The van der Waals surface area contributed by atoms with Gasteiger partial charge < -0.3 is 0 Å². The number of carbonyl (C=O) groups is 2. The first-order valence-electron chi connectivity index (χ1n) is 5.63. The van der Waals surface area contributed by atoms with Gasteiger partial charge in [-0.1, -0.05) is 0 Å². The second kappa shape index (κ2) is 4.36. The zero-order chi connectivity index (χ0) is 13.6. The molecule has 3 rings (SSSR count). The Bertz CT molecular complexity index is 746. The molecule has 0 aliphatic carbocycles. The Morgan fingerprint density at radius 2 is 2.16 bits per heavy atom. The number of hydrogen-bond acceptors (Lipinski definition) is 4. The van der Waals surface area contributed by atoms with Crippen molar-refractivity contribution in [2.75, 3.05) is 7.11 Å². The fourth-order valence-electron chi connectivity index (χ4n) is 2.08. The van der Waals surface area contributed by atoms with Gasteiger partial charge in [-0.25, -0.2) is 0 Å². The average molecular weight is 325 g/mol. The molecule has 98 valence electrons. The van der Waals surface area contributed by atoms with Crippen LogP contribution in [-0.4, -0.2) is 37.2 Å². The number of methoxy groups -OCH3 is 1. The molecule has 1 aromatic heterocycles. The zero-order valence-electron chi connectivity index (χ0n) is 10.0. The molecule has 0 radical (unpaired) electrons. The number of aromatic nitrogens is 1. The van der Waals surface area contributed by atoms with Crippen LogP contribution in [0.4, 0.5) is 0 Å². The summed E-state index contributed by atoms with van der Waals surface area (Å²) in [6.07, 6.45) is 0.0530. The Hall–Kier alpha value is -1.85. The van der Waals surface area contributed by atoms with Crippen molar-refractivity contribution < 1.29 is 14.3 Å². The topological polar surface area (TPSA) is 77.4 Å². The summed E-state index contributed by atoms with van der Waals surface area (Å²) in [5, 5.41) is 2.79. The van der Waals surface area contributed by atoms with Crippen molar-refractivity contribution in [3.05, 3.63) is 28.6 Å². The summed E-state index contributed by atoms with van der Waals surface area (Å²) >= 11 is -0.273. The van der Waals surface area contributed by atoms with Crippen molar-refractivity contribution in [1.29, 1.82) is 0 Å². The SMILES string of the molecule is COc1ccc2[se]n(C3CC(=O)NC3=O)c(=O)c2c1. The van der Waals surface area contributed by atoms with Gasteiger partial charge in [-0.2, -0.15) is 0 Å². The number of nitrogens with one attached hydrogen (secondary N) is 1. The number of ether oxygens (including phenoxy) is 1. The summed E-state index contributed by atoms with van der Waals surface area (Å²) in [7, 11) is 1.53. The minimum atomic E-state index is -0.668. The third-order valence-corrected chi connectivity index (χ3v) is 5.50. The Labute approximate surface area is 113 Å². The molecule has 1 saturated heterocycles. The van der Waals surface area contributed by atoms with Gasteiger partial charge in [0.25, 0.3) is 0 Å². The van der Waals surface area contributed by atoms with Crippen LogP contribution in [-0.2, 0) is 9.59 Å². The van der Waals surface area contributed by atoms with E-state index in [-0.39, 0.29) is 38.5 Å². The number of fused-ring (bicyclic) bond motifs is 1. The van der Waals surface area contributed by atoms with Crippen LogP contribution in [0.2, 0.25) is 0 Å². The molecule has 1 aromatic carbocycles. The Morgan fingerprint density at radius 1 is 1.37 bits per heavy atom. The standard InChI is InChI=1S/C12H10N2O4Se/c1-18-6-2-3-9-7(4-6)12(17)14(19-9)8-5-10(15)13-11(8)16/h2-4,8H,5H2,1H3,(H,13,15,16). The molecule has 0 spiro atoms. The van der Waals surface area contributed by atoms with Crippen molar-refractivity contribution in [3.63, 3.8) is 0 Å². The van der Waals surface area contributed by atoms with Gasteiger partial charge in [0.2, 0.25) is 0 Å². The van der Waals surface area contributed by atoms with Crippen molar-refractivity contribution in [3.8, 4) is 5.75 Å². The van der Waals surface area contributed by atoms with Crippen molar-refractivity contribution in [2.24, 2.45) is 0 Å². The normalized spacial score (nSPS) is 18.9. The molecule has 2 amide bonds. The maximum absolute atomic E-state index is 12.3. The summed E-state index contributed by atoms with van der Waals surface area (Å²) in [5.41, 5.74) is -0.205. The first-order chi connectivity index (χ1) is 9.10. The van der Waals surface area contributed by atoms with E-state index in [9.17, 15) is 14.4 Å². The van der Waals surface area contributed by atoms with Gasteiger partial charge in [0.05, 0.1) is 0 Å². The van der Waals surface area contributed by atoms with E-state index in [1.165, 1.54) is 10.7 Å². The van der Waals surface area contributed by atoms with Gasteiger partial charge in [0.15, 0.2) is 0 Å². The third kappa shape index (κ3) is 1.91. The third-order valence-electron chi connectivity index (χ3n) is 3.04.